The van der Waals surface area contributed by atoms with Crippen LogP contribution < -0.4 is 10.1 Å². The molecule has 0 aromatic heterocycles. The van der Waals surface area contributed by atoms with E-state index in [-0.39, 0.29) is 11.8 Å². The lowest BCUT2D eigenvalue weighted by atomic mass is 10.0. The number of alkyl halides is 2. The molecule has 2 rings (SSSR count). The summed E-state index contributed by atoms with van der Waals surface area (Å²) in [5.41, 5.74) is 0.938. The van der Waals surface area contributed by atoms with Crippen molar-refractivity contribution in [2.24, 2.45) is 0 Å². The molecular weight excluding hydrogens is 296 g/mol. The van der Waals surface area contributed by atoms with Gasteiger partial charge >= 0.3 is 6.61 Å². The van der Waals surface area contributed by atoms with E-state index in [4.69, 9.17) is 14.2 Å². The van der Waals surface area contributed by atoms with Gasteiger partial charge in [0.25, 0.3) is 0 Å². The zero-order chi connectivity index (χ0) is 16.0. The number of benzene rings is 1. The van der Waals surface area contributed by atoms with Crippen molar-refractivity contribution in [2.75, 3.05) is 27.4 Å². The molecule has 0 spiro atoms. The van der Waals surface area contributed by atoms with Crippen LogP contribution in [0.4, 0.5) is 8.78 Å². The van der Waals surface area contributed by atoms with Gasteiger partial charge in [-0.15, -0.1) is 0 Å². The second-order valence-corrected chi connectivity index (χ2v) is 5.00. The van der Waals surface area contributed by atoms with E-state index >= 15 is 0 Å². The smallest absolute Gasteiger partial charge is 0.387 e. The van der Waals surface area contributed by atoms with Crippen molar-refractivity contribution >= 4 is 0 Å². The molecule has 0 saturated carbocycles. The third-order valence-corrected chi connectivity index (χ3v) is 3.80. The molecule has 7 heteroatoms. The van der Waals surface area contributed by atoms with Gasteiger partial charge in [-0.1, -0.05) is 12.1 Å². The molecule has 0 aliphatic carbocycles. The normalized spacial score (nSPS) is 21.0. The topological polar surface area (TPSA) is 49.0 Å². The van der Waals surface area contributed by atoms with E-state index in [0.717, 1.165) is 5.56 Å². The third kappa shape index (κ3) is 4.13. The Labute approximate surface area is 128 Å². The molecule has 0 amide bonds. The molecule has 1 aliphatic heterocycles. The van der Waals surface area contributed by atoms with Gasteiger partial charge in [0.2, 0.25) is 0 Å². The first-order valence-corrected chi connectivity index (χ1v) is 7.05. The van der Waals surface area contributed by atoms with Crippen LogP contribution in [0.2, 0.25) is 0 Å². The minimum absolute atomic E-state index is 0.117. The molecule has 1 aromatic rings. The quantitative estimate of drug-likeness (QED) is 0.781. The lowest BCUT2D eigenvalue weighted by Gasteiger charge is -2.41. The highest BCUT2D eigenvalue weighted by atomic mass is 19.3. The lowest BCUT2D eigenvalue weighted by molar-refractivity contribution is -0.259. The lowest BCUT2D eigenvalue weighted by Crippen LogP contribution is -2.58. The molecule has 1 heterocycles. The van der Waals surface area contributed by atoms with Gasteiger partial charge in [-0.25, -0.2) is 0 Å². The predicted octanol–water partition coefficient (Wildman–Crippen LogP) is 2.16. The second-order valence-electron chi connectivity index (χ2n) is 5.00. The van der Waals surface area contributed by atoms with Crippen molar-refractivity contribution in [1.29, 1.82) is 0 Å². The van der Waals surface area contributed by atoms with E-state index in [1.54, 1.807) is 26.4 Å². The fourth-order valence-corrected chi connectivity index (χ4v) is 2.53. The summed E-state index contributed by atoms with van der Waals surface area (Å²) in [4.78, 5) is 0. The van der Waals surface area contributed by atoms with Gasteiger partial charge in [0.1, 0.15) is 5.75 Å². The molecular formula is C15H21F2NO4. The third-order valence-electron chi connectivity index (χ3n) is 3.80. The Kier molecular flexibility index (Phi) is 6.07. The number of ether oxygens (including phenoxy) is 4. The van der Waals surface area contributed by atoms with Gasteiger partial charge in [-0.3, -0.25) is 0 Å². The number of rotatable bonds is 7. The average molecular weight is 317 g/mol. The van der Waals surface area contributed by atoms with E-state index < -0.39 is 12.4 Å². The molecule has 5 nitrogen and oxygen atoms in total. The second kappa shape index (κ2) is 7.82. The van der Waals surface area contributed by atoms with Crippen molar-refractivity contribution in [2.45, 2.75) is 31.4 Å². The molecule has 1 aromatic carbocycles. The Balaban J connectivity index is 1.93. The molecule has 1 N–H and O–H groups in total. The molecule has 1 fully saturated rings. The summed E-state index contributed by atoms with van der Waals surface area (Å²) in [5, 5.41) is 3.33. The van der Waals surface area contributed by atoms with Gasteiger partial charge in [0.05, 0.1) is 19.3 Å². The zero-order valence-electron chi connectivity index (χ0n) is 12.7. The summed E-state index contributed by atoms with van der Waals surface area (Å²) in [7, 11) is 3.22. The van der Waals surface area contributed by atoms with Crippen LogP contribution in [-0.2, 0) is 20.8 Å². The number of methoxy groups -OCH3 is 2. The van der Waals surface area contributed by atoms with Gasteiger partial charge < -0.3 is 24.3 Å². The minimum Gasteiger partial charge on any atom is -0.435 e. The Hall–Kier alpha value is -1.28. The van der Waals surface area contributed by atoms with E-state index in [0.29, 0.717) is 26.2 Å². The fraction of sp³-hybridized carbons (Fsp3) is 0.600. The first kappa shape index (κ1) is 17.1. The molecule has 1 unspecified atom stereocenters. The predicted molar refractivity (Wildman–Crippen MR) is 75.9 cm³/mol. The first-order chi connectivity index (χ1) is 10.6. The average Bonchev–Trinajstić information content (AvgIpc) is 2.54. The van der Waals surface area contributed by atoms with Crippen molar-refractivity contribution < 1.29 is 27.7 Å². The first-order valence-electron chi connectivity index (χ1n) is 7.05. The highest BCUT2D eigenvalue weighted by Gasteiger charge is 2.41. The van der Waals surface area contributed by atoms with Crippen LogP contribution in [0.1, 0.15) is 12.0 Å². The molecule has 1 saturated heterocycles. The van der Waals surface area contributed by atoms with Crippen molar-refractivity contribution in [3.05, 3.63) is 29.8 Å². The summed E-state index contributed by atoms with van der Waals surface area (Å²) in [5.74, 6) is -0.570. The highest BCUT2D eigenvalue weighted by molar-refractivity contribution is 5.27. The van der Waals surface area contributed by atoms with Gasteiger partial charge in [0.15, 0.2) is 5.79 Å². The summed E-state index contributed by atoms with van der Waals surface area (Å²) in [6.45, 7) is -1.21. The van der Waals surface area contributed by atoms with E-state index in [2.05, 4.69) is 10.1 Å². The maximum absolute atomic E-state index is 12.1. The van der Waals surface area contributed by atoms with Crippen LogP contribution in [0.15, 0.2) is 24.3 Å². The highest BCUT2D eigenvalue weighted by Crippen LogP contribution is 2.26. The maximum Gasteiger partial charge on any atom is 0.387 e. The van der Waals surface area contributed by atoms with Crippen molar-refractivity contribution in [1.82, 2.24) is 5.32 Å². The molecule has 0 radical (unpaired) electrons. The Bertz CT molecular complexity index is 451. The largest absolute Gasteiger partial charge is 0.435 e. The molecule has 1 atom stereocenters. The minimum atomic E-state index is -2.81. The Morgan fingerprint density at radius 3 is 2.55 bits per heavy atom. The summed E-state index contributed by atoms with van der Waals surface area (Å²) < 4.78 is 45.0. The molecule has 124 valence electrons. The summed E-state index contributed by atoms with van der Waals surface area (Å²) >= 11 is 0. The van der Waals surface area contributed by atoms with Gasteiger partial charge in [-0.2, -0.15) is 8.78 Å². The van der Waals surface area contributed by atoms with Crippen molar-refractivity contribution in [3.8, 4) is 5.75 Å². The maximum atomic E-state index is 12.1. The van der Waals surface area contributed by atoms with Crippen LogP contribution in [0.5, 0.6) is 5.75 Å². The monoisotopic (exact) mass is 317 g/mol. The van der Waals surface area contributed by atoms with Crippen LogP contribution >= 0.6 is 0 Å². The Morgan fingerprint density at radius 1 is 1.27 bits per heavy atom. The SMILES string of the molecule is COC1(OC)CCOCC1NCc1ccc(OC(F)F)cc1. The van der Waals surface area contributed by atoms with E-state index in [9.17, 15) is 8.78 Å². The Morgan fingerprint density at radius 2 is 1.95 bits per heavy atom. The number of nitrogens with one attached hydrogen (secondary N) is 1. The molecule has 0 bridgehead atoms. The van der Waals surface area contributed by atoms with Crippen LogP contribution in [-0.4, -0.2) is 45.9 Å². The standard InChI is InChI=1S/C15H21F2NO4/c1-19-15(20-2)7-8-21-10-13(15)18-9-11-3-5-12(6-4-11)22-14(16)17/h3-6,13-14,18H,7-10H2,1-2H3. The zero-order valence-corrected chi connectivity index (χ0v) is 12.7. The van der Waals surface area contributed by atoms with Crippen LogP contribution in [0, 0.1) is 0 Å². The number of halogens is 2. The van der Waals surface area contributed by atoms with Gasteiger partial charge in [-0.05, 0) is 17.7 Å². The fourth-order valence-electron chi connectivity index (χ4n) is 2.53. The van der Waals surface area contributed by atoms with Crippen LogP contribution in [0.25, 0.3) is 0 Å². The molecule has 22 heavy (non-hydrogen) atoms. The number of hydrogen-bond acceptors (Lipinski definition) is 5. The summed E-state index contributed by atoms with van der Waals surface area (Å²) in [6.07, 6.45) is 0.638. The summed E-state index contributed by atoms with van der Waals surface area (Å²) in [6, 6.07) is 6.37. The van der Waals surface area contributed by atoms with E-state index in [1.165, 1.54) is 12.1 Å². The van der Waals surface area contributed by atoms with Crippen molar-refractivity contribution in [3.63, 3.8) is 0 Å². The van der Waals surface area contributed by atoms with Gasteiger partial charge in [0, 0.05) is 27.2 Å². The van der Waals surface area contributed by atoms with E-state index in [1.807, 2.05) is 0 Å². The van der Waals surface area contributed by atoms with Crippen LogP contribution in [0.3, 0.4) is 0 Å². The number of hydrogen-bond donors (Lipinski definition) is 1. The molecule has 1 aliphatic rings.